The molecule has 0 N–H and O–H groups in total. The maximum absolute atomic E-state index is 8.65. The van der Waals surface area contributed by atoms with E-state index in [1.54, 1.807) is 12.3 Å². The van der Waals surface area contributed by atoms with Gasteiger partial charge in [0.1, 0.15) is 0 Å². The van der Waals surface area contributed by atoms with E-state index in [9.17, 15) is 0 Å². The second kappa shape index (κ2) is 6.70. The fraction of sp³-hybridized carbons (Fsp3) is 0.179. The van der Waals surface area contributed by atoms with Crippen molar-refractivity contribution in [3.05, 3.63) is 90.6 Å². The van der Waals surface area contributed by atoms with Crippen molar-refractivity contribution in [3.63, 3.8) is 0 Å². The summed E-state index contributed by atoms with van der Waals surface area (Å²) >= 11 is 0. The third-order valence-electron chi connectivity index (χ3n) is 5.32. The highest BCUT2D eigenvalue weighted by Gasteiger charge is 2.13. The van der Waals surface area contributed by atoms with Gasteiger partial charge in [-0.1, -0.05) is 81.4 Å². The smallest absolute Gasteiger partial charge is 0.0704 e. The first-order chi connectivity index (χ1) is 14.8. The van der Waals surface area contributed by atoms with E-state index in [0.717, 1.165) is 11.3 Å². The Hall–Kier alpha value is -3.19. The molecular formula is C28H25N. The van der Waals surface area contributed by atoms with Gasteiger partial charge < -0.3 is 0 Å². The Bertz CT molecular complexity index is 1410. The van der Waals surface area contributed by atoms with Gasteiger partial charge in [0, 0.05) is 14.5 Å². The molecule has 0 aliphatic heterocycles. The van der Waals surface area contributed by atoms with Gasteiger partial charge in [0.15, 0.2) is 0 Å². The molecule has 1 heterocycles. The van der Waals surface area contributed by atoms with Crippen molar-refractivity contribution in [3.8, 4) is 11.3 Å². The Morgan fingerprint density at radius 1 is 0.690 bits per heavy atom. The second-order valence-electron chi connectivity index (χ2n) is 8.66. The maximum Gasteiger partial charge on any atom is 0.0704 e. The molecule has 1 aromatic heterocycles. The number of rotatable bonds is 2. The van der Waals surface area contributed by atoms with Crippen molar-refractivity contribution in [2.45, 2.75) is 27.1 Å². The Morgan fingerprint density at radius 3 is 1.83 bits per heavy atom. The van der Waals surface area contributed by atoms with Crippen molar-refractivity contribution >= 4 is 32.3 Å². The van der Waals surface area contributed by atoms with Crippen LogP contribution >= 0.6 is 0 Å². The lowest BCUT2D eigenvalue weighted by Crippen LogP contribution is -2.09. The van der Waals surface area contributed by atoms with Crippen LogP contribution in [0.5, 0.6) is 0 Å². The molecule has 29 heavy (non-hydrogen) atoms. The Labute approximate surface area is 174 Å². The van der Waals surface area contributed by atoms with Gasteiger partial charge in [0.25, 0.3) is 0 Å². The summed E-state index contributed by atoms with van der Waals surface area (Å²) in [7, 11) is 0. The average molecular weight is 378 g/mol. The van der Waals surface area contributed by atoms with Crippen LogP contribution < -0.4 is 0 Å². The zero-order valence-corrected chi connectivity index (χ0v) is 17.0. The number of pyridine rings is 1. The van der Waals surface area contributed by atoms with E-state index in [4.69, 9.17) is 2.74 Å². The highest BCUT2D eigenvalue weighted by atomic mass is 14.7. The zero-order chi connectivity index (χ0) is 21.8. The quantitative estimate of drug-likeness (QED) is 0.286. The number of benzene rings is 4. The molecular weight excluding hydrogens is 350 g/mol. The fourth-order valence-corrected chi connectivity index (χ4v) is 4.17. The summed E-state index contributed by atoms with van der Waals surface area (Å²) in [6.07, 6.45) is 0.265. The topological polar surface area (TPSA) is 12.9 Å². The molecule has 5 rings (SSSR count). The molecule has 1 nitrogen and oxygen atoms in total. The predicted molar refractivity (Wildman–Crippen MR) is 125 cm³/mol. The summed E-state index contributed by atoms with van der Waals surface area (Å²) in [5, 5.41) is 7.38. The Morgan fingerprint density at radius 2 is 1.24 bits per heavy atom. The lowest BCUT2D eigenvalue weighted by Gasteiger charge is -2.18. The largest absolute Gasteiger partial charge is 0.256 e. The van der Waals surface area contributed by atoms with Gasteiger partial charge in [-0.05, 0) is 67.9 Å². The lowest BCUT2D eigenvalue weighted by atomic mass is 9.88. The van der Waals surface area contributed by atoms with E-state index in [-0.39, 0.29) is 0 Å². The number of fused-ring (bicyclic) bond motifs is 6. The van der Waals surface area contributed by atoms with Crippen LogP contribution in [0.25, 0.3) is 43.6 Å². The summed E-state index contributed by atoms with van der Waals surface area (Å²) in [6.45, 7) is 5.79. The van der Waals surface area contributed by atoms with Crippen LogP contribution in [0.2, 0.25) is 0 Å². The summed E-state index contributed by atoms with van der Waals surface area (Å²) in [5.41, 5.74) is 1.95. The summed E-state index contributed by atoms with van der Waals surface area (Å²) in [4.78, 5) is 4.59. The standard InChI is InChI=1S/C28H25N/c1-28(2,3)18-19-14-15-29-27(16-19)20-12-13-25-23-10-5-4-8-21(23)22-9-6-7-11-24(22)26(25)17-20/h4-17H,18H2,1-3H3/i18D2. The SMILES string of the molecule is [2H]C([2H])(c1ccnc(-c2ccc3c4ccccc4c4ccccc4c3c2)c1)C(C)(C)C. The van der Waals surface area contributed by atoms with Crippen LogP contribution in [0.4, 0.5) is 0 Å². The molecule has 0 saturated carbocycles. The minimum atomic E-state index is -1.45. The third kappa shape index (κ3) is 3.27. The molecule has 142 valence electrons. The molecule has 0 radical (unpaired) electrons. The third-order valence-corrected chi connectivity index (χ3v) is 5.32. The van der Waals surface area contributed by atoms with Gasteiger partial charge in [0.2, 0.25) is 0 Å². The molecule has 5 aromatic rings. The summed E-state index contributed by atoms with van der Waals surface area (Å²) < 4.78 is 17.3. The first-order valence-corrected chi connectivity index (χ1v) is 10.1. The van der Waals surface area contributed by atoms with Crippen molar-refractivity contribution < 1.29 is 2.74 Å². The van der Waals surface area contributed by atoms with Gasteiger partial charge in [-0.25, -0.2) is 0 Å². The monoisotopic (exact) mass is 377 g/mol. The maximum atomic E-state index is 8.65. The molecule has 0 aliphatic carbocycles. The molecule has 0 bridgehead atoms. The fourth-order valence-electron chi connectivity index (χ4n) is 4.17. The predicted octanol–water partition coefficient (Wildman–Crippen LogP) is 7.80. The van der Waals surface area contributed by atoms with Crippen molar-refractivity contribution in [2.24, 2.45) is 5.41 Å². The first-order valence-electron chi connectivity index (χ1n) is 11.1. The van der Waals surface area contributed by atoms with Crippen molar-refractivity contribution in [1.29, 1.82) is 0 Å². The molecule has 0 unspecified atom stereocenters. The Balaban J connectivity index is 1.76. The molecule has 0 saturated heterocycles. The first kappa shape index (κ1) is 15.7. The molecule has 0 amide bonds. The minimum absolute atomic E-state index is 0.510. The van der Waals surface area contributed by atoms with Gasteiger partial charge >= 0.3 is 0 Å². The van der Waals surface area contributed by atoms with Gasteiger partial charge in [-0.3, -0.25) is 4.98 Å². The number of aromatic nitrogens is 1. The van der Waals surface area contributed by atoms with E-state index in [2.05, 4.69) is 71.7 Å². The van der Waals surface area contributed by atoms with E-state index in [0.29, 0.717) is 5.56 Å². The van der Waals surface area contributed by atoms with Crippen LogP contribution in [0.15, 0.2) is 85.1 Å². The zero-order valence-electron chi connectivity index (χ0n) is 19.0. The van der Waals surface area contributed by atoms with E-state index in [1.807, 2.05) is 26.8 Å². The Kier molecular flexibility index (Phi) is 3.63. The van der Waals surface area contributed by atoms with Gasteiger partial charge in [-0.15, -0.1) is 0 Å². The number of nitrogens with zero attached hydrogens (tertiary/aromatic N) is 1. The molecule has 0 fully saturated rings. The van der Waals surface area contributed by atoms with E-state index < -0.39 is 11.8 Å². The van der Waals surface area contributed by atoms with E-state index in [1.165, 1.54) is 32.3 Å². The van der Waals surface area contributed by atoms with Crippen LogP contribution in [-0.2, 0) is 6.37 Å². The van der Waals surface area contributed by atoms with Crippen LogP contribution in [0, 0.1) is 5.41 Å². The van der Waals surface area contributed by atoms with Crippen LogP contribution in [0.3, 0.4) is 0 Å². The van der Waals surface area contributed by atoms with Gasteiger partial charge in [0.05, 0.1) is 5.69 Å². The number of hydrogen-bond acceptors (Lipinski definition) is 1. The molecule has 4 aromatic carbocycles. The molecule has 0 aliphatic rings. The highest BCUT2D eigenvalue weighted by molar-refractivity contribution is 6.25. The average Bonchev–Trinajstić information content (AvgIpc) is 2.78. The lowest BCUT2D eigenvalue weighted by molar-refractivity contribution is 0.411. The molecule has 1 heteroatoms. The van der Waals surface area contributed by atoms with E-state index >= 15 is 0 Å². The van der Waals surface area contributed by atoms with Crippen molar-refractivity contribution in [2.75, 3.05) is 0 Å². The second-order valence-corrected chi connectivity index (χ2v) is 8.66. The molecule has 0 atom stereocenters. The van der Waals surface area contributed by atoms with Crippen molar-refractivity contribution in [1.82, 2.24) is 4.98 Å². The highest BCUT2D eigenvalue weighted by Crippen LogP contribution is 2.36. The minimum Gasteiger partial charge on any atom is -0.256 e. The summed E-state index contributed by atoms with van der Waals surface area (Å²) in [6, 6.07) is 27.2. The van der Waals surface area contributed by atoms with Crippen LogP contribution in [0.1, 0.15) is 29.1 Å². The normalized spacial score (nSPS) is 13.6. The summed E-state index contributed by atoms with van der Waals surface area (Å²) in [5.74, 6) is 0. The molecule has 0 spiro atoms. The van der Waals surface area contributed by atoms with Crippen LogP contribution in [-0.4, -0.2) is 4.98 Å². The van der Waals surface area contributed by atoms with Gasteiger partial charge in [-0.2, -0.15) is 0 Å². The number of hydrogen-bond donors (Lipinski definition) is 0.